The van der Waals surface area contributed by atoms with Gasteiger partial charge in [0.25, 0.3) is 0 Å². The molecule has 1 unspecified atom stereocenters. The topological polar surface area (TPSA) is 17.1 Å². The molecule has 1 atom stereocenters. The second-order valence-corrected chi connectivity index (χ2v) is 5.66. The number of carbonyl (C=O) groups is 1. The van der Waals surface area contributed by atoms with Crippen molar-refractivity contribution in [2.24, 2.45) is 5.92 Å². The van der Waals surface area contributed by atoms with Crippen molar-refractivity contribution in [3.63, 3.8) is 0 Å². The summed E-state index contributed by atoms with van der Waals surface area (Å²) in [5.41, 5.74) is 1.87. The van der Waals surface area contributed by atoms with E-state index in [1.807, 2.05) is 19.1 Å². The molecule has 1 aromatic carbocycles. The van der Waals surface area contributed by atoms with Crippen LogP contribution in [0, 0.1) is 12.8 Å². The highest BCUT2D eigenvalue weighted by Crippen LogP contribution is 2.28. The number of benzene rings is 1. The van der Waals surface area contributed by atoms with Crippen LogP contribution in [0.1, 0.15) is 29.8 Å². The maximum atomic E-state index is 11.9. The summed E-state index contributed by atoms with van der Waals surface area (Å²) in [4.78, 5) is 11.9. The monoisotopic (exact) mass is 242 g/mol. The zero-order valence-corrected chi connectivity index (χ0v) is 11.1. The molecule has 1 rings (SSSR count). The normalized spacial score (nSPS) is 11.5. The third-order valence-electron chi connectivity index (χ3n) is 2.12. The van der Waals surface area contributed by atoms with E-state index in [9.17, 15) is 4.79 Å². The van der Waals surface area contributed by atoms with Gasteiger partial charge in [0, 0.05) is 5.56 Å². The summed E-state index contributed by atoms with van der Waals surface area (Å²) < 4.78 is 0. The van der Waals surface area contributed by atoms with Gasteiger partial charge in [-0.1, -0.05) is 37.6 Å². The lowest BCUT2D eigenvalue weighted by molar-refractivity contribution is 0.108. The molecule has 0 aliphatic rings. The molecule has 0 N–H and O–H groups in total. The Morgan fingerprint density at radius 2 is 2.13 bits per heavy atom. The van der Waals surface area contributed by atoms with Gasteiger partial charge in [-0.05, 0) is 39.2 Å². The van der Waals surface area contributed by atoms with Crippen LogP contribution in [0.4, 0.5) is 0 Å². The third kappa shape index (κ3) is 3.59. The zero-order valence-electron chi connectivity index (χ0n) is 9.30. The molecule has 0 saturated carbocycles. The van der Waals surface area contributed by atoms with Gasteiger partial charge in [-0.3, -0.25) is 4.79 Å². The van der Waals surface area contributed by atoms with Crippen LogP contribution >= 0.6 is 20.2 Å². The lowest BCUT2D eigenvalue weighted by Gasteiger charge is -2.08. The molecule has 0 aliphatic heterocycles. The summed E-state index contributed by atoms with van der Waals surface area (Å²) in [5.74, 6) is 0.565. The molecule has 1 nitrogen and oxygen atoms in total. The number of halogens is 1. The summed E-state index contributed by atoms with van der Waals surface area (Å²) in [5, 5.41) is 0.580. The highest BCUT2D eigenvalue weighted by molar-refractivity contribution is 7.58. The Kier molecular flexibility index (Phi) is 4.76. The molecule has 0 bridgehead atoms. The van der Waals surface area contributed by atoms with E-state index in [1.54, 1.807) is 6.07 Å². The molecule has 82 valence electrons. The van der Waals surface area contributed by atoms with E-state index < -0.39 is 0 Å². The fraction of sp³-hybridized carbons (Fsp3) is 0.417. The highest BCUT2D eigenvalue weighted by atomic mass is 35.5. The molecule has 0 amide bonds. The van der Waals surface area contributed by atoms with Crippen LogP contribution in [0.3, 0.4) is 0 Å². The molecular weight excluding hydrogens is 227 g/mol. The van der Waals surface area contributed by atoms with E-state index in [-0.39, 0.29) is 5.52 Å². The Labute approximate surface area is 98.0 Å². The van der Waals surface area contributed by atoms with Crippen molar-refractivity contribution in [3.8, 4) is 0 Å². The van der Waals surface area contributed by atoms with Crippen LogP contribution in [-0.4, -0.2) is 11.7 Å². The Bertz CT molecular complexity index is 340. The van der Waals surface area contributed by atoms with Gasteiger partial charge in [0.1, 0.15) is 0 Å². The SMILES string of the molecule is Cc1cccc(Cl)c1C(=O)PCC(C)C. The van der Waals surface area contributed by atoms with Crippen LogP contribution in [0.15, 0.2) is 18.2 Å². The lowest BCUT2D eigenvalue weighted by atomic mass is 10.1. The molecular formula is C12H16ClOP. The van der Waals surface area contributed by atoms with E-state index in [1.165, 1.54) is 0 Å². The quantitative estimate of drug-likeness (QED) is 0.726. The van der Waals surface area contributed by atoms with Crippen molar-refractivity contribution in [2.45, 2.75) is 20.8 Å². The summed E-state index contributed by atoms with van der Waals surface area (Å²) in [6.45, 7) is 6.18. The van der Waals surface area contributed by atoms with Gasteiger partial charge in [0.15, 0.2) is 5.52 Å². The second-order valence-electron chi connectivity index (χ2n) is 4.04. The van der Waals surface area contributed by atoms with Crippen LogP contribution in [-0.2, 0) is 0 Å². The van der Waals surface area contributed by atoms with Crippen molar-refractivity contribution >= 4 is 25.7 Å². The van der Waals surface area contributed by atoms with Gasteiger partial charge in [-0.25, -0.2) is 0 Å². The molecule has 0 aromatic heterocycles. The van der Waals surface area contributed by atoms with E-state index in [4.69, 9.17) is 11.6 Å². The first kappa shape index (κ1) is 12.7. The number of rotatable bonds is 4. The first-order valence-electron chi connectivity index (χ1n) is 5.05. The summed E-state index contributed by atoms with van der Waals surface area (Å²) >= 11 is 6.02. The predicted molar refractivity (Wildman–Crippen MR) is 68.5 cm³/mol. The summed E-state index contributed by atoms with van der Waals surface area (Å²) in [7, 11) is 0.333. The minimum atomic E-state index is 0.187. The fourth-order valence-corrected chi connectivity index (χ4v) is 2.79. The first-order chi connectivity index (χ1) is 7.02. The number of hydrogen-bond donors (Lipinski definition) is 0. The second kappa shape index (κ2) is 5.63. The lowest BCUT2D eigenvalue weighted by Crippen LogP contribution is -2.00. The molecule has 0 heterocycles. The number of aryl methyl sites for hydroxylation is 1. The standard InChI is InChI=1S/C12H16ClOP/c1-8(2)7-15-12(14)11-9(3)5-4-6-10(11)13/h4-6,8,15H,7H2,1-3H3. The van der Waals surface area contributed by atoms with E-state index >= 15 is 0 Å². The molecule has 3 heteroatoms. The van der Waals surface area contributed by atoms with Gasteiger partial charge in [-0.15, -0.1) is 0 Å². The summed E-state index contributed by atoms with van der Waals surface area (Å²) in [6, 6.07) is 5.58. The first-order valence-corrected chi connectivity index (χ1v) is 6.64. The predicted octanol–water partition coefficient (Wildman–Crippen LogP) is 4.12. The Morgan fingerprint density at radius 3 is 2.67 bits per heavy atom. The third-order valence-corrected chi connectivity index (χ3v) is 4.03. The fourth-order valence-electron chi connectivity index (χ4n) is 1.30. The van der Waals surface area contributed by atoms with Crippen LogP contribution in [0.25, 0.3) is 0 Å². The van der Waals surface area contributed by atoms with Gasteiger partial charge in [0.2, 0.25) is 0 Å². The van der Waals surface area contributed by atoms with Gasteiger partial charge < -0.3 is 0 Å². The van der Waals surface area contributed by atoms with Gasteiger partial charge >= 0.3 is 0 Å². The van der Waals surface area contributed by atoms with Gasteiger partial charge in [-0.2, -0.15) is 0 Å². The van der Waals surface area contributed by atoms with E-state index in [0.29, 0.717) is 25.1 Å². The van der Waals surface area contributed by atoms with Crippen molar-refractivity contribution in [1.29, 1.82) is 0 Å². The van der Waals surface area contributed by atoms with Crippen LogP contribution in [0.2, 0.25) is 5.02 Å². The summed E-state index contributed by atoms with van der Waals surface area (Å²) in [6.07, 6.45) is 0.948. The van der Waals surface area contributed by atoms with Crippen LogP contribution in [0.5, 0.6) is 0 Å². The average Bonchev–Trinajstić information content (AvgIpc) is 2.14. The maximum absolute atomic E-state index is 11.9. The van der Waals surface area contributed by atoms with Crippen molar-refractivity contribution in [1.82, 2.24) is 0 Å². The van der Waals surface area contributed by atoms with Crippen LogP contribution < -0.4 is 0 Å². The molecule has 0 saturated heterocycles. The largest absolute Gasteiger partial charge is 0.289 e. The van der Waals surface area contributed by atoms with Crippen molar-refractivity contribution < 1.29 is 4.79 Å². The van der Waals surface area contributed by atoms with E-state index in [0.717, 1.165) is 11.7 Å². The molecule has 0 radical (unpaired) electrons. The minimum Gasteiger partial charge on any atom is -0.289 e. The molecule has 0 fully saturated rings. The molecule has 1 aromatic rings. The smallest absolute Gasteiger partial charge is 0.182 e. The highest BCUT2D eigenvalue weighted by Gasteiger charge is 2.13. The van der Waals surface area contributed by atoms with Gasteiger partial charge in [0.05, 0.1) is 5.02 Å². The molecule has 0 aliphatic carbocycles. The molecule has 0 spiro atoms. The van der Waals surface area contributed by atoms with Crippen molar-refractivity contribution in [2.75, 3.05) is 6.16 Å². The van der Waals surface area contributed by atoms with Crippen molar-refractivity contribution in [3.05, 3.63) is 34.3 Å². The average molecular weight is 243 g/mol. The minimum absolute atomic E-state index is 0.187. The zero-order chi connectivity index (χ0) is 11.4. The maximum Gasteiger partial charge on any atom is 0.182 e. The Morgan fingerprint density at radius 1 is 1.47 bits per heavy atom. The van der Waals surface area contributed by atoms with E-state index in [2.05, 4.69) is 13.8 Å². The Hall–Kier alpha value is -0.390. The Balaban J connectivity index is 2.82. The number of carbonyl (C=O) groups excluding carboxylic acids is 1. The number of hydrogen-bond acceptors (Lipinski definition) is 1. The molecule has 15 heavy (non-hydrogen) atoms.